The molecule has 1 rings (SSSR count). The molecule has 0 aliphatic rings. The molecule has 0 fully saturated rings. The molecule has 0 aromatic heterocycles. The quantitative estimate of drug-likeness (QED) is 0.812. The van der Waals surface area contributed by atoms with Gasteiger partial charge in [0.1, 0.15) is 0 Å². The third-order valence-electron chi connectivity index (χ3n) is 3.00. The molecule has 3 heteroatoms. The van der Waals surface area contributed by atoms with Crippen molar-refractivity contribution in [2.45, 2.75) is 46.7 Å². The highest BCUT2D eigenvalue weighted by molar-refractivity contribution is 5.92. The lowest BCUT2D eigenvalue weighted by Gasteiger charge is -2.11. The van der Waals surface area contributed by atoms with Gasteiger partial charge < -0.3 is 10.6 Å². The second-order valence-electron chi connectivity index (χ2n) is 5.03. The van der Waals surface area contributed by atoms with Crippen molar-refractivity contribution < 1.29 is 4.79 Å². The summed E-state index contributed by atoms with van der Waals surface area (Å²) in [6.07, 6.45) is 0.863. The minimum atomic E-state index is 0.0623. The summed E-state index contributed by atoms with van der Waals surface area (Å²) in [7, 11) is 0. The summed E-state index contributed by atoms with van der Waals surface area (Å²) in [6.45, 7) is 9.07. The van der Waals surface area contributed by atoms with Gasteiger partial charge in [0.25, 0.3) is 0 Å². The second kappa shape index (κ2) is 7.17. The van der Waals surface area contributed by atoms with Crippen LogP contribution in [0.1, 0.15) is 39.7 Å². The first-order valence-electron chi connectivity index (χ1n) is 6.66. The Balaban J connectivity index is 2.52. The van der Waals surface area contributed by atoms with Crippen molar-refractivity contribution in [1.29, 1.82) is 0 Å². The van der Waals surface area contributed by atoms with Crippen molar-refractivity contribution in [3.8, 4) is 0 Å². The van der Waals surface area contributed by atoms with Gasteiger partial charge in [-0.05, 0) is 24.1 Å². The van der Waals surface area contributed by atoms with E-state index in [9.17, 15) is 4.79 Å². The van der Waals surface area contributed by atoms with E-state index in [1.807, 2.05) is 38.1 Å². The first-order chi connectivity index (χ1) is 8.52. The molecular formula is C15H24N2O. The van der Waals surface area contributed by atoms with Crippen molar-refractivity contribution in [2.24, 2.45) is 5.92 Å². The lowest BCUT2D eigenvalue weighted by atomic mass is 10.1. The number of rotatable bonds is 6. The minimum Gasteiger partial charge on any atom is -0.326 e. The summed E-state index contributed by atoms with van der Waals surface area (Å²) >= 11 is 0. The summed E-state index contributed by atoms with van der Waals surface area (Å²) in [5, 5.41) is 6.29. The number of carbonyl (C=O) groups is 1. The summed E-state index contributed by atoms with van der Waals surface area (Å²) < 4.78 is 0. The Morgan fingerprint density at radius 2 is 1.78 bits per heavy atom. The van der Waals surface area contributed by atoms with Crippen molar-refractivity contribution in [1.82, 2.24) is 5.32 Å². The molecule has 2 N–H and O–H groups in total. The highest BCUT2D eigenvalue weighted by Gasteiger charge is 2.10. The first-order valence-corrected chi connectivity index (χ1v) is 6.66. The minimum absolute atomic E-state index is 0.0623. The zero-order chi connectivity index (χ0) is 13.5. The molecule has 0 saturated heterocycles. The fourth-order valence-corrected chi connectivity index (χ4v) is 1.48. The Kier molecular flexibility index (Phi) is 5.86. The highest BCUT2D eigenvalue weighted by atomic mass is 16.1. The van der Waals surface area contributed by atoms with Crippen LogP contribution < -0.4 is 10.6 Å². The fourth-order valence-electron chi connectivity index (χ4n) is 1.48. The maximum Gasteiger partial charge on any atom is 0.227 e. The maximum atomic E-state index is 11.7. The van der Waals surface area contributed by atoms with Crippen LogP contribution >= 0.6 is 0 Å². The fraction of sp³-hybridized carbons (Fsp3) is 0.533. The first kappa shape index (κ1) is 14.7. The summed E-state index contributed by atoms with van der Waals surface area (Å²) in [4.78, 5) is 11.7. The van der Waals surface area contributed by atoms with E-state index < -0.39 is 0 Å². The smallest absolute Gasteiger partial charge is 0.227 e. The van der Waals surface area contributed by atoms with Crippen LogP contribution in [0.25, 0.3) is 0 Å². The van der Waals surface area contributed by atoms with Gasteiger partial charge in [0.2, 0.25) is 5.91 Å². The van der Waals surface area contributed by atoms with Gasteiger partial charge in [-0.3, -0.25) is 4.79 Å². The van der Waals surface area contributed by atoms with E-state index in [0.29, 0.717) is 6.04 Å². The van der Waals surface area contributed by atoms with Crippen LogP contribution in [-0.4, -0.2) is 11.9 Å². The van der Waals surface area contributed by atoms with Crippen molar-refractivity contribution >= 4 is 11.6 Å². The number of anilines is 1. The van der Waals surface area contributed by atoms with E-state index in [1.54, 1.807) is 0 Å². The molecule has 0 spiro atoms. The molecule has 1 atom stereocenters. The van der Waals surface area contributed by atoms with E-state index in [1.165, 1.54) is 5.56 Å². The number of amides is 1. The average molecular weight is 248 g/mol. The van der Waals surface area contributed by atoms with E-state index >= 15 is 0 Å². The molecule has 1 unspecified atom stereocenters. The molecule has 3 nitrogen and oxygen atoms in total. The Hall–Kier alpha value is -1.35. The lowest BCUT2D eigenvalue weighted by molar-refractivity contribution is -0.119. The average Bonchev–Trinajstić information content (AvgIpc) is 2.36. The van der Waals surface area contributed by atoms with E-state index in [-0.39, 0.29) is 11.8 Å². The van der Waals surface area contributed by atoms with Crippen LogP contribution in [0.3, 0.4) is 0 Å². The zero-order valence-electron chi connectivity index (χ0n) is 11.8. The van der Waals surface area contributed by atoms with E-state index in [4.69, 9.17) is 0 Å². The van der Waals surface area contributed by atoms with Gasteiger partial charge in [0.15, 0.2) is 0 Å². The number of carbonyl (C=O) groups excluding carboxylic acids is 1. The van der Waals surface area contributed by atoms with Gasteiger partial charge in [-0.25, -0.2) is 0 Å². The van der Waals surface area contributed by atoms with Crippen LogP contribution in [0.5, 0.6) is 0 Å². The molecule has 1 aromatic carbocycles. The summed E-state index contributed by atoms with van der Waals surface area (Å²) in [6, 6.07) is 8.48. The number of hydrogen-bond acceptors (Lipinski definition) is 2. The molecule has 100 valence electrons. The molecule has 0 bridgehead atoms. The molecule has 1 aromatic rings. The maximum absolute atomic E-state index is 11.7. The van der Waals surface area contributed by atoms with Gasteiger partial charge in [-0.1, -0.05) is 39.8 Å². The Bertz CT molecular complexity index is 371. The molecule has 0 radical (unpaired) electrons. The van der Waals surface area contributed by atoms with E-state index in [0.717, 1.165) is 18.7 Å². The van der Waals surface area contributed by atoms with Crippen LogP contribution in [-0.2, 0) is 11.3 Å². The Labute approximate surface area is 110 Å². The molecule has 0 aliphatic heterocycles. The standard InChI is InChI=1S/C15H24N2O/c1-5-12(4)15(18)17-14-8-6-13(7-9-14)10-16-11(2)3/h6-9,11-12,16H,5,10H2,1-4H3,(H,17,18). The summed E-state index contributed by atoms with van der Waals surface area (Å²) in [5.74, 6) is 0.151. The van der Waals surface area contributed by atoms with Crippen molar-refractivity contribution in [3.63, 3.8) is 0 Å². The van der Waals surface area contributed by atoms with Crippen LogP contribution in [0, 0.1) is 5.92 Å². The monoisotopic (exact) mass is 248 g/mol. The van der Waals surface area contributed by atoms with Gasteiger partial charge in [0, 0.05) is 24.2 Å². The molecule has 0 heterocycles. The van der Waals surface area contributed by atoms with E-state index in [2.05, 4.69) is 24.5 Å². The van der Waals surface area contributed by atoms with Gasteiger partial charge in [-0.2, -0.15) is 0 Å². The van der Waals surface area contributed by atoms with Crippen LogP contribution in [0.4, 0.5) is 5.69 Å². The molecule has 0 aliphatic carbocycles. The highest BCUT2D eigenvalue weighted by Crippen LogP contribution is 2.12. The van der Waals surface area contributed by atoms with Crippen LogP contribution in [0.15, 0.2) is 24.3 Å². The SMILES string of the molecule is CCC(C)C(=O)Nc1ccc(CNC(C)C)cc1. The predicted molar refractivity (Wildman–Crippen MR) is 76.5 cm³/mol. The normalized spacial score (nSPS) is 12.5. The number of nitrogens with one attached hydrogen (secondary N) is 2. The molecule has 1 amide bonds. The zero-order valence-corrected chi connectivity index (χ0v) is 11.8. The molecule has 0 saturated carbocycles. The molecule has 18 heavy (non-hydrogen) atoms. The second-order valence-corrected chi connectivity index (χ2v) is 5.03. The molecular weight excluding hydrogens is 224 g/mol. The van der Waals surface area contributed by atoms with Gasteiger partial charge in [-0.15, -0.1) is 0 Å². The van der Waals surface area contributed by atoms with Crippen molar-refractivity contribution in [3.05, 3.63) is 29.8 Å². The van der Waals surface area contributed by atoms with Gasteiger partial charge >= 0.3 is 0 Å². The lowest BCUT2D eigenvalue weighted by Crippen LogP contribution is -2.22. The Morgan fingerprint density at radius 1 is 1.17 bits per heavy atom. The third kappa shape index (κ3) is 4.88. The number of benzene rings is 1. The largest absolute Gasteiger partial charge is 0.326 e. The summed E-state index contributed by atoms with van der Waals surface area (Å²) in [5.41, 5.74) is 2.10. The third-order valence-corrected chi connectivity index (χ3v) is 3.00. The Morgan fingerprint density at radius 3 is 2.28 bits per heavy atom. The van der Waals surface area contributed by atoms with Crippen LogP contribution in [0.2, 0.25) is 0 Å². The predicted octanol–water partition coefficient (Wildman–Crippen LogP) is 3.17. The van der Waals surface area contributed by atoms with Crippen molar-refractivity contribution in [2.75, 3.05) is 5.32 Å². The number of hydrogen-bond donors (Lipinski definition) is 2. The van der Waals surface area contributed by atoms with Gasteiger partial charge in [0.05, 0.1) is 0 Å². The topological polar surface area (TPSA) is 41.1 Å².